The average molecular weight is 209 g/mol. The molecule has 0 saturated carbocycles. The van der Waals surface area contributed by atoms with Crippen LogP contribution in [0.2, 0.25) is 0 Å². The summed E-state index contributed by atoms with van der Waals surface area (Å²) < 4.78 is 18.1. The van der Waals surface area contributed by atoms with Crippen molar-refractivity contribution in [1.29, 1.82) is 0 Å². The molecule has 0 aromatic rings. The van der Waals surface area contributed by atoms with Crippen LogP contribution in [0.15, 0.2) is 35.2 Å². The highest BCUT2D eigenvalue weighted by Crippen LogP contribution is 2.28. The van der Waals surface area contributed by atoms with Gasteiger partial charge in [0.05, 0.1) is 13.7 Å². The Balaban J connectivity index is 2.19. The van der Waals surface area contributed by atoms with E-state index in [9.17, 15) is 9.18 Å². The van der Waals surface area contributed by atoms with Gasteiger partial charge in [0.2, 0.25) is 0 Å². The predicted octanol–water partition coefficient (Wildman–Crippen LogP) is 2.18. The molecular weight excluding hydrogens is 197 g/mol. The number of methoxy groups -OCH3 is 1. The number of hydrogen-bond acceptors (Lipinski definition) is 2. The third-order valence-electron chi connectivity index (χ3n) is 2.57. The van der Waals surface area contributed by atoms with E-state index in [0.717, 1.165) is 5.57 Å². The molecule has 4 heteroatoms. The largest absolute Gasteiger partial charge is 0.453 e. The van der Waals surface area contributed by atoms with E-state index in [0.29, 0.717) is 25.1 Å². The molecule has 0 fully saturated rings. The van der Waals surface area contributed by atoms with Gasteiger partial charge < -0.3 is 4.74 Å². The summed E-state index contributed by atoms with van der Waals surface area (Å²) in [6, 6.07) is 0. The number of amides is 1. The summed E-state index contributed by atoms with van der Waals surface area (Å²) >= 11 is 0. The van der Waals surface area contributed by atoms with Gasteiger partial charge in [-0.3, -0.25) is 4.90 Å². The lowest BCUT2D eigenvalue weighted by molar-refractivity contribution is 0.134. The zero-order chi connectivity index (χ0) is 10.8. The van der Waals surface area contributed by atoms with E-state index in [4.69, 9.17) is 0 Å². The number of allylic oxidation sites excluding steroid dienone is 2. The highest BCUT2D eigenvalue weighted by Gasteiger charge is 2.27. The Kier molecular flexibility index (Phi) is 2.58. The van der Waals surface area contributed by atoms with Crippen molar-refractivity contribution in [2.45, 2.75) is 6.42 Å². The van der Waals surface area contributed by atoms with Crippen LogP contribution in [0.3, 0.4) is 0 Å². The van der Waals surface area contributed by atoms with Crippen molar-refractivity contribution in [2.24, 2.45) is 0 Å². The molecule has 1 amide bonds. The molecule has 1 aliphatic carbocycles. The van der Waals surface area contributed by atoms with Gasteiger partial charge in [-0.15, -0.1) is 0 Å². The topological polar surface area (TPSA) is 29.5 Å². The maximum Gasteiger partial charge on any atom is 0.410 e. The first-order chi connectivity index (χ1) is 7.22. The monoisotopic (exact) mass is 209 g/mol. The smallest absolute Gasteiger partial charge is 0.410 e. The molecular formula is C11H12FNO2. The van der Waals surface area contributed by atoms with Crippen molar-refractivity contribution < 1.29 is 13.9 Å². The average Bonchev–Trinajstić information content (AvgIpc) is 2.60. The van der Waals surface area contributed by atoms with Crippen molar-refractivity contribution in [3.63, 3.8) is 0 Å². The molecule has 1 aliphatic heterocycles. The predicted molar refractivity (Wildman–Crippen MR) is 54.0 cm³/mol. The van der Waals surface area contributed by atoms with Crippen LogP contribution in [-0.2, 0) is 4.74 Å². The Bertz CT molecular complexity index is 382. The van der Waals surface area contributed by atoms with Gasteiger partial charge in [0.15, 0.2) is 0 Å². The molecule has 0 spiro atoms. The van der Waals surface area contributed by atoms with Gasteiger partial charge in [0.25, 0.3) is 0 Å². The summed E-state index contributed by atoms with van der Waals surface area (Å²) in [5.74, 6) is -0.221. The van der Waals surface area contributed by atoms with E-state index < -0.39 is 6.09 Å². The number of hydrogen-bond donors (Lipinski definition) is 0. The molecule has 0 aromatic carbocycles. The summed E-state index contributed by atoms with van der Waals surface area (Å²) in [7, 11) is 1.33. The first kappa shape index (κ1) is 9.96. The van der Waals surface area contributed by atoms with Crippen LogP contribution in [0.1, 0.15) is 6.42 Å². The van der Waals surface area contributed by atoms with Crippen LogP contribution in [0.4, 0.5) is 9.18 Å². The van der Waals surface area contributed by atoms with Gasteiger partial charge in [-0.1, -0.05) is 12.2 Å². The van der Waals surface area contributed by atoms with Gasteiger partial charge in [-0.25, -0.2) is 9.18 Å². The minimum absolute atomic E-state index is 0.221. The Hall–Kier alpha value is -1.58. The van der Waals surface area contributed by atoms with Gasteiger partial charge >= 0.3 is 6.09 Å². The van der Waals surface area contributed by atoms with E-state index >= 15 is 0 Å². The van der Waals surface area contributed by atoms with Gasteiger partial charge in [0, 0.05) is 12.1 Å². The third-order valence-corrected chi connectivity index (χ3v) is 2.57. The number of ether oxygens (including phenoxy) is 1. The summed E-state index contributed by atoms with van der Waals surface area (Å²) in [4.78, 5) is 12.7. The molecule has 0 saturated heterocycles. The van der Waals surface area contributed by atoms with E-state index in [-0.39, 0.29) is 5.83 Å². The summed E-state index contributed by atoms with van der Waals surface area (Å²) in [6.45, 7) is 0.731. The zero-order valence-electron chi connectivity index (χ0n) is 8.50. The van der Waals surface area contributed by atoms with Gasteiger partial charge in [0.1, 0.15) is 5.83 Å². The van der Waals surface area contributed by atoms with Crippen LogP contribution in [0.5, 0.6) is 0 Å². The highest BCUT2D eigenvalue weighted by atomic mass is 19.1. The van der Waals surface area contributed by atoms with E-state index in [1.165, 1.54) is 18.1 Å². The van der Waals surface area contributed by atoms with Crippen LogP contribution in [-0.4, -0.2) is 31.2 Å². The quantitative estimate of drug-likeness (QED) is 0.612. The second kappa shape index (κ2) is 3.88. The minimum atomic E-state index is -0.413. The SMILES string of the molecule is COC(=O)N1CC2=C(C1)C(F)=CCC=C2. The lowest BCUT2D eigenvalue weighted by Gasteiger charge is -2.14. The molecule has 2 rings (SSSR count). The Morgan fingerprint density at radius 2 is 2.33 bits per heavy atom. The van der Waals surface area contributed by atoms with Crippen molar-refractivity contribution in [3.8, 4) is 0 Å². The van der Waals surface area contributed by atoms with Crippen molar-refractivity contribution >= 4 is 6.09 Å². The van der Waals surface area contributed by atoms with Gasteiger partial charge in [-0.05, 0) is 18.1 Å². The normalized spacial score (nSPS) is 19.9. The Morgan fingerprint density at radius 3 is 3.07 bits per heavy atom. The molecule has 80 valence electrons. The van der Waals surface area contributed by atoms with E-state index in [1.54, 1.807) is 0 Å². The Labute approximate surface area is 87.5 Å². The number of nitrogens with zero attached hydrogens (tertiary/aromatic N) is 1. The molecule has 0 radical (unpaired) electrons. The van der Waals surface area contributed by atoms with E-state index in [1.807, 2.05) is 12.2 Å². The highest BCUT2D eigenvalue weighted by molar-refractivity contribution is 5.70. The van der Waals surface area contributed by atoms with Crippen LogP contribution in [0, 0.1) is 0 Å². The molecule has 15 heavy (non-hydrogen) atoms. The molecule has 0 N–H and O–H groups in total. The molecule has 0 aromatic heterocycles. The molecule has 0 atom stereocenters. The van der Waals surface area contributed by atoms with Crippen LogP contribution >= 0.6 is 0 Å². The first-order valence-electron chi connectivity index (χ1n) is 4.80. The fourth-order valence-electron chi connectivity index (χ4n) is 1.79. The minimum Gasteiger partial charge on any atom is -0.453 e. The van der Waals surface area contributed by atoms with Crippen molar-refractivity contribution in [3.05, 3.63) is 35.2 Å². The summed E-state index contributed by atoms with van der Waals surface area (Å²) in [5, 5.41) is 0. The van der Waals surface area contributed by atoms with Crippen LogP contribution < -0.4 is 0 Å². The third kappa shape index (κ3) is 1.79. The standard InChI is InChI=1S/C11H12FNO2/c1-15-11(14)13-6-8-4-2-3-5-10(12)9(8)7-13/h2,4-5H,3,6-7H2,1H3. The van der Waals surface area contributed by atoms with E-state index in [2.05, 4.69) is 4.74 Å². The lowest BCUT2D eigenvalue weighted by Crippen LogP contribution is -2.29. The fraction of sp³-hybridized carbons (Fsp3) is 0.364. The fourth-order valence-corrected chi connectivity index (χ4v) is 1.79. The second-order valence-corrected chi connectivity index (χ2v) is 3.52. The van der Waals surface area contributed by atoms with Crippen molar-refractivity contribution in [2.75, 3.05) is 20.2 Å². The number of carbonyl (C=O) groups is 1. The first-order valence-corrected chi connectivity index (χ1v) is 4.80. The summed E-state index contributed by atoms with van der Waals surface area (Å²) in [5.41, 5.74) is 1.47. The lowest BCUT2D eigenvalue weighted by atomic mass is 10.1. The maximum atomic E-state index is 13.5. The molecule has 0 unspecified atom stereocenters. The van der Waals surface area contributed by atoms with Crippen LogP contribution in [0.25, 0.3) is 0 Å². The number of carbonyl (C=O) groups excluding carboxylic acids is 1. The molecule has 2 aliphatic rings. The Morgan fingerprint density at radius 1 is 1.53 bits per heavy atom. The van der Waals surface area contributed by atoms with Gasteiger partial charge in [-0.2, -0.15) is 0 Å². The molecule has 3 nitrogen and oxygen atoms in total. The zero-order valence-corrected chi connectivity index (χ0v) is 8.50. The number of halogens is 1. The maximum absolute atomic E-state index is 13.5. The summed E-state index contributed by atoms with van der Waals surface area (Å²) in [6.07, 6.45) is 5.49. The second-order valence-electron chi connectivity index (χ2n) is 3.52. The molecule has 0 bridgehead atoms. The van der Waals surface area contributed by atoms with Crippen molar-refractivity contribution in [1.82, 2.24) is 4.90 Å². The number of rotatable bonds is 0. The molecule has 1 heterocycles.